The summed E-state index contributed by atoms with van der Waals surface area (Å²) in [7, 11) is 0. The lowest BCUT2D eigenvalue weighted by Crippen LogP contribution is -2.09. The smallest absolute Gasteiger partial charge is 0.112 e. The first-order valence-corrected chi connectivity index (χ1v) is 8.85. The maximum atomic E-state index is 9.62. The van der Waals surface area contributed by atoms with Crippen LogP contribution in [0.4, 0.5) is 0 Å². The SMILES string of the molecule is C=C/C(C)=C(\C(=C)O)C1C=C(C)CCC1.C=CC.CC.CCC. The molecule has 1 aliphatic carbocycles. The Kier molecular flexibility index (Phi) is 21.3. The van der Waals surface area contributed by atoms with E-state index in [1.807, 2.05) is 27.7 Å². The molecule has 0 aromatic carbocycles. The van der Waals surface area contributed by atoms with Crippen LogP contribution in [-0.4, -0.2) is 5.11 Å². The Morgan fingerprint density at radius 2 is 1.74 bits per heavy atom. The first-order chi connectivity index (χ1) is 10.9. The summed E-state index contributed by atoms with van der Waals surface area (Å²) >= 11 is 0. The highest BCUT2D eigenvalue weighted by Gasteiger charge is 2.19. The van der Waals surface area contributed by atoms with Crippen LogP contribution < -0.4 is 0 Å². The number of hydrogen-bond acceptors (Lipinski definition) is 1. The molecule has 1 heteroatoms. The second kappa shape index (κ2) is 18.5. The Bertz CT molecular complexity index is 383. The fraction of sp³-hybridized carbons (Fsp3) is 0.545. The van der Waals surface area contributed by atoms with E-state index in [1.165, 1.54) is 24.8 Å². The second-order valence-electron chi connectivity index (χ2n) is 5.37. The van der Waals surface area contributed by atoms with Gasteiger partial charge in [-0.25, -0.2) is 0 Å². The lowest BCUT2D eigenvalue weighted by atomic mass is 9.83. The minimum atomic E-state index is 0.184. The third kappa shape index (κ3) is 13.9. The molecular weight excluding hydrogens is 280 g/mol. The third-order valence-corrected chi connectivity index (χ3v) is 2.98. The number of rotatable bonds is 3. The first kappa shape index (κ1) is 26.4. The summed E-state index contributed by atoms with van der Waals surface area (Å²) in [6, 6.07) is 0. The summed E-state index contributed by atoms with van der Waals surface area (Å²) in [5, 5.41) is 9.62. The normalized spacial score (nSPS) is 16.5. The summed E-state index contributed by atoms with van der Waals surface area (Å²) < 4.78 is 0. The van der Waals surface area contributed by atoms with E-state index >= 15 is 0 Å². The molecule has 23 heavy (non-hydrogen) atoms. The average Bonchev–Trinajstić information content (AvgIpc) is 2.50. The van der Waals surface area contributed by atoms with Crippen LogP contribution in [0, 0.1) is 5.92 Å². The second-order valence-corrected chi connectivity index (χ2v) is 5.37. The van der Waals surface area contributed by atoms with Gasteiger partial charge >= 0.3 is 0 Å². The predicted molar refractivity (Wildman–Crippen MR) is 109 cm³/mol. The van der Waals surface area contributed by atoms with Gasteiger partial charge in [0.2, 0.25) is 0 Å². The highest BCUT2D eigenvalue weighted by atomic mass is 16.3. The molecule has 1 nitrogen and oxygen atoms in total. The molecule has 1 rings (SSSR count). The van der Waals surface area contributed by atoms with Crippen LogP contribution in [0.5, 0.6) is 0 Å². The van der Waals surface area contributed by atoms with Gasteiger partial charge in [0.25, 0.3) is 0 Å². The van der Waals surface area contributed by atoms with Crippen LogP contribution in [0.1, 0.15) is 74.1 Å². The van der Waals surface area contributed by atoms with E-state index in [0.29, 0.717) is 5.92 Å². The third-order valence-electron chi connectivity index (χ3n) is 2.98. The molecule has 0 heterocycles. The minimum Gasteiger partial charge on any atom is -0.508 e. The molecule has 1 atom stereocenters. The zero-order valence-electron chi connectivity index (χ0n) is 16.7. The molecule has 0 fully saturated rings. The maximum absolute atomic E-state index is 9.62. The number of aliphatic hydroxyl groups excluding tert-OH is 1. The van der Waals surface area contributed by atoms with Gasteiger partial charge in [-0.1, -0.05) is 71.1 Å². The number of aliphatic hydroxyl groups is 1. The van der Waals surface area contributed by atoms with Gasteiger partial charge in [0.05, 0.1) is 0 Å². The highest BCUT2D eigenvalue weighted by molar-refractivity contribution is 5.38. The quantitative estimate of drug-likeness (QED) is 0.318. The molecule has 1 unspecified atom stereocenters. The van der Waals surface area contributed by atoms with Crippen molar-refractivity contribution in [2.45, 2.75) is 74.1 Å². The molecule has 0 radical (unpaired) electrons. The Morgan fingerprint density at radius 1 is 1.30 bits per heavy atom. The van der Waals surface area contributed by atoms with Crippen LogP contribution in [0.3, 0.4) is 0 Å². The largest absolute Gasteiger partial charge is 0.508 e. The average molecular weight is 321 g/mol. The van der Waals surface area contributed by atoms with E-state index in [0.717, 1.165) is 17.6 Å². The lowest BCUT2D eigenvalue weighted by molar-refractivity contribution is 0.407. The van der Waals surface area contributed by atoms with Crippen molar-refractivity contribution < 1.29 is 5.11 Å². The Hall–Kier alpha value is -1.50. The molecule has 1 aliphatic rings. The number of allylic oxidation sites excluding steroid dienone is 6. The van der Waals surface area contributed by atoms with Crippen LogP contribution >= 0.6 is 0 Å². The van der Waals surface area contributed by atoms with Gasteiger partial charge in [0, 0.05) is 11.5 Å². The van der Waals surface area contributed by atoms with Crippen molar-refractivity contribution in [3.05, 3.63) is 60.4 Å². The predicted octanol–water partition coefficient (Wildman–Crippen LogP) is 7.94. The Labute approximate surface area is 146 Å². The van der Waals surface area contributed by atoms with Crippen molar-refractivity contribution in [1.29, 1.82) is 0 Å². The van der Waals surface area contributed by atoms with Gasteiger partial charge in [-0.15, -0.1) is 6.58 Å². The van der Waals surface area contributed by atoms with Gasteiger partial charge in [-0.2, -0.15) is 0 Å². The molecule has 0 aromatic rings. The molecule has 0 amide bonds. The van der Waals surface area contributed by atoms with E-state index in [-0.39, 0.29) is 5.76 Å². The summed E-state index contributed by atoms with van der Waals surface area (Å²) in [6.07, 6.45) is 10.5. The minimum absolute atomic E-state index is 0.184. The molecule has 0 aliphatic heterocycles. The fourth-order valence-electron chi connectivity index (χ4n) is 2.18. The van der Waals surface area contributed by atoms with Gasteiger partial charge in [0.15, 0.2) is 0 Å². The topological polar surface area (TPSA) is 20.2 Å². The lowest BCUT2D eigenvalue weighted by Gasteiger charge is -2.23. The van der Waals surface area contributed by atoms with Gasteiger partial charge in [-0.3, -0.25) is 0 Å². The Morgan fingerprint density at radius 3 is 2.04 bits per heavy atom. The van der Waals surface area contributed by atoms with E-state index in [9.17, 15) is 5.11 Å². The van der Waals surface area contributed by atoms with Crippen LogP contribution in [0.25, 0.3) is 0 Å². The van der Waals surface area contributed by atoms with E-state index in [4.69, 9.17) is 0 Å². The van der Waals surface area contributed by atoms with Crippen molar-refractivity contribution in [2.24, 2.45) is 5.92 Å². The maximum Gasteiger partial charge on any atom is 0.112 e. The van der Waals surface area contributed by atoms with Gasteiger partial charge < -0.3 is 5.11 Å². The van der Waals surface area contributed by atoms with Crippen molar-refractivity contribution in [2.75, 3.05) is 0 Å². The summed E-state index contributed by atoms with van der Waals surface area (Å²) in [6.45, 7) is 25.0. The van der Waals surface area contributed by atoms with E-state index < -0.39 is 0 Å². The van der Waals surface area contributed by atoms with Gasteiger partial charge in [0.1, 0.15) is 5.76 Å². The zero-order chi connectivity index (χ0) is 18.8. The summed E-state index contributed by atoms with van der Waals surface area (Å²) in [5.41, 5.74) is 3.38. The highest BCUT2D eigenvalue weighted by Crippen LogP contribution is 2.32. The molecular formula is C22H40O. The van der Waals surface area contributed by atoms with Gasteiger partial charge in [-0.05, 0) is 45.6 Å². The summed E-state index contributed by atoms with van der Waals surface area (Å²) in [5.74, 6) is 0.498. The van der Waals surface area contributed by atoms with E-state index in [2.05, 4.69) is 46.6 Å². The summed E-state index contributed by atoms with van der Waals surface area (Å²) in [4.78, 5) is 0. The fourth-order valence-corrected chi connectivity index (χ4v) is 2.18. The molecule has 0 bridgehead atoms. The monoisotopic (exact) mass is 320 g/mol. The van der Waals surface area contributed by atoms with E-state index in [1.54, 1.807) is 12.2 Å². The molecule has 1 N–H and O–H groups in total. The van der Waals surface area contributed by atoms with Crippen LogP contribution in [-0.2, 0) is 0 Å². The molecule has 134 valence electrons. The molecule has 0 aromatic heterocycles. The van der Waals surface area contributed by atoms with Crippen molar-refractivity contribution in [3.8, 4) is 0 Å². The zero-order valence-corrected chi connectivity index (χ0v) is 16.7. The number of hydrogen-bond donors (Lipinski definition) is 1. The molecule has 0 saturated carbocycles. The standard InChI is InChI=1S/C14H20O.C3H8.C3H6.C2H6/c1-5-11(3)14(12(4)15)13-8-6-7-10(2)9-13;2*1-3-2;1-2/h5,9,13,15H,1,4,6-8H2,2-3H3;3H2,1-2H3;3H,1H2,2H3;1-2H3/b14-11+;;;. The molecule has 0 spiro atoms. The van der Waals surface area contributed by atoms with Crippen LogP contribution in [0.2, 0.25) is 0 Å². The van der Waals surface area contributed by atoms with Crippen molar-refractivity contribution in [1.82, 2.24) is 0 Å². The van der Waals surface area contributed by atoms with Crippen molar-refractivity contribution >= 4 is 0 Å². The first-order valence-electron chi connectivity index (χ1n) is 8.85. The van der Waals surface area contributed by atoms with Crippen LogP contribution in [0.15, 0.2) is 60.4 Å². The van der Waals surface area contributed by atoms with Crippen molar-refractivity contribution in [3.63, 3.8) is 0 Å². The molecule has 0 saturated heterocycles. The Balaban J connectivity index is -0.000000425.